The molecule has 0 aliphatic rings. The van der Waals surface area contributed by atoms with Crippen molar-refractivity contribution in [2.45, 2.75) is 45.2 Å². The molecule has 4 atom stereocenters. The lowest BCUT2D eigenvalue weighted by atomic mass is 10.0. The Morgan fingerprint density at radius 3 is 1.67 bits per heavy atom. The van der Waals surface area contributed by atoms with Crippen molar-refractivity contribution < 1.29 is 46.9 Å². The second-order valence-corrected chi connectivity index (χ2v) is 4.73. The normalized spacial score (nSPS) is 17.4. The zero-order valence-corrected chi connectivity index (χ0v) is 14.0. The van der Waals surface area contributed by atoms with Crippen LogP contribution in [-0.2, 0) is 42.8 Å². The number of rotatable bonds is 11. The average Bonchev–Trinajstić information content (AvgIpc) is 2.58. The second-order valence-electron chi connectivity index (χ2n) is 4.73. The summed E-state index contributed by atoms with van der Waals surface area (Å²) in [4.78, 5) is 34.0. The monoisotopic (exact) mass is 353 g/mol. The molecule has 140 valence electrons. The van der Waals surface area contributed by atoms with Crippen molar-refractivity contribution in [3.63, 3.8) is 0 Å². The number of hydrogen-bond donors (Lipinski definition) is 0. The molecule has 0 aromatic carbocycles. The highest BCUT2D eigenvalue weighted by Crippen LogP contribution is 2.18. The van der Waals surface area contributed by atoms with Crippen LogP contribution in [0.5, 0.6) is 0 Å². The van der Waals surface area contributed by atoms with Gasteiger partial charge in [0.05, 0.1) is 10.7 Å². The molecule has 0 aliphatic heterocycles. The predicted octanol–water partition coefficient (Wildman–Crippen LogP) is 0.0893. The third-order valence-electron chi connectivity index (χ3n) is 2.81. The average molecular weight is 353 g/mol. The Kier molecular flexibility index (Phi) is 8.40. The van der Waals surface area contributed by atoms with Crippen molar-refractivity contribution in [2.24, 2.45) is 0 Å². The molecule has 0 aromatic rings. The molecule has 0 saturated heterocycles. The van der Waals surface area contributed by atoms with Gasteiger partial charge in [0.15, 0.2) is 12.2 Å². The van der Waals surface area contributed by atoms with E-state index in [2.05, 4.69) is 0 Å². The van der Waals surface area contributed by atoms with E-state index in [-0.39, 0.29) is 6.61 Å². The number of carbonyl (C=O) groups is 3. The van der Waals surface area contributed by atoms with Gasteiger partial charge in [-0.15, -0.1) is 0 Å². The summed E-state index contributed by atoms with van der Waals surface area (Å²) < 4.78 is 52.4. The van der Waals surface area contributed by atoms with E-state index in [1.165, 1.54) is 0 Å². The number of ether oxygens (including phenoxy) is 6. The molecule has 9 heteroatoms. The van der Waals surface area contributed by atoms with Crippen molar-refractivity contribution >= 4 is 17.9 Å². The van der Waals surface area contributed by atoms with Crippen LogP contribution in [0.25, 0.3) is 0 Å². The highest BCUT2D eigenvalue weighted by atomic mass is 16.6. The summed E-state index contributed by atoms with van der Waals surface area (Å²) in [5.74, 6) is -2.02. The first kappa shape index (κ1) is 17.1. The van der Waals surface area contributed by atoms with Gasteiger partial charge in [0.2, 0.25) is 0 Å². The highest BCUT2D eigenvalue weighted by molar-refractivity contribution is 5.67. The van der Waals surface area contributed by atoms with Gasteiger partial charge in [-0.1, -0.05) is 0 Å². The molecular weight excluding hydrogens is 324 g/mol. The maximum Gasteiger partial charge on any atom is 0.303 e. The molecule has 0 aromatic heterocycles. The summed E-state index contributed by atoms with van der Waals surface area (Å²) >= 11 is 0. The van der Waals surface area contributed by atoms with Gasteiger partial charge in [-0.25, -0.2) is 0 Å². The fourth-order valence-electron chi connectivity index (χ4n) is 1.96. The maximum absolute atomic E-state index is 11.4. The fourth-order valence-corrected chi connectivity index (χ4v) is 1.96. The SMILES string of the molecule is [2H]COC[C@@H](OC(C)=O)[C@@H](OC[2H])[C@H](OC[2H])[C@@H](COC(C)=O)OC(C)=O. The van der Waals surface area contributed by atoms with Crippen LogP contribution in [0.2, 0.25) is 0 Å². The molecule has 24 heavy (non-hydrogen) atoms. The minimum atomic E-state index is -1.21. The third kappa shape index (κ3) is 8.23. The molecule has 0 aliphatic carbocycles. The van der Waals surface area contributed by atoms with E-state index < -0.39 is 70.2 Å². The lowest BCUT2D eigenvalue weighted by molar-refractivity contribution is -0.192. The van der Waals surface area contributed by atoms with Gasteiger partial charge in [-0.3, -0.25) is 14.4 Å². The van der Waals surface area contributed by atoms with Gasteiger partial charge in [0, 0.05) is 42.0 Å². The second kappa shape index (κ2) is 11.8. The Balaban J connectivity index is 5.72. The molecule has 0 spiro atoms. The molecular formula is C15H26O9. The molecule has 0 unspecified atom stereocenters. The van der Waals surface area contributed by atoms with E-state index in [9.17, 15) is 14.4 Å². The van der Waals surface area contributed by atoms with Gasteiger partial charge in [0.1, 0.15) is 18.8 Å². The Labute approximate surface area is 145 Å². The van der Waals surface area contributed by atoms with E-state index in [0.29, 0.717) is 0 Å². The van der Waals surface area contributed by atoms with E-state index in [4.69, 9.17) is 32.5 Å². The maximum atomic E-state index is 11.4. The molecule has 0 bridgehead atoms. The third-order valence-corrected chi connectivity index (χ3v) is 2.81. The van der Waals surface area contributed by atoms with Gasteiger partial charge in [-0.05, 0) is 0 Å². The van der Waals surface area contributed by atoms with Crippen LogP contribution in [0.3, 0.4) is 0 Å². The van der Waals surface area contributed by atoms with Crippen LogP contribution in [0.1, 0.15) is 24.9 Å². The van der Waals surface area contributed by atoms with Crippen molar-refractivity contribution in [2.75, 3.05) is 34.5 Å². The molecule has 0 amide bonds. The first-order chi connectivity index (χ1) is 12.8. The summed E-state index contributed by atoms with van der Waals surface area (Å²) in [5, 5.41) is 0. The van der Waals surface area contributed by atoms with Crippen LogP contribution in [0.4, 0.5) is 0 Å². The largest absolute Gasteiger partial charge is 0.462 e. The number of esters is 3. The fraction of sp³-hybridized carbons (Fsp3) is 0.800. The van der Waals surface area contributed by atoms with Crippen molar-refractivity contribution in [1.82, 2.24) is 0 Å². The van der Waals surface area contributed by atoms with Crippen LogP contribution in [0.15, 0.2) is 0 Å². The summed E-state index contributed by atoms with van der Waals surface area (Å²) in [5.41, 5.74) is 0. The zero-order valence-electron chi connectivity index (χ0n) is 17.0. The van der Waals surface area contributed by atoms with E-state index >= 15 is 0 Å². The first-order valence-corrected chi connectivity index (χ1v) is 6.93. The first-order valence-electron chi connectivity index (χ1n) is 9.05. The van der Waals surface area contributed by atoms with Gasteiger partial charge >= 0.3 is 17.9 Å². The Hall–Kier alpha value is -1.71. The number of hydrogen-bond acceptors (Lipinski definition) is 9. The minimum absolute atomic E-state index is 0.258. The van der Waals surface area contributed by atoms with Gasteiger partial charge in [0.25, 0.3) is 0 Å². The van der Waals surface area contributed by atoms with E-state index in [0.717, 1.165) is 20.8 Å². The minimum Gasteiger partial charge on any atom is -0.462 e. The van der Waals surface area contributed by atoms with Crippen LogP contribution < -0.4 is 0 Å². The highest BCUT2D eigenvalue weighted by Gasteiger charge is 2.39. The number of methoxy groups -OCH3 is 3. The van der Waals surface area contributed by atoms with Gasteiger partial charge in [-0.2, -0.15) is 0 Å². The molecule has 0 N–H and O–H groups in total. The van der Waals surface area contributed by atoms with Crippen molar-refractivity contribution in [3.05, 3.63) is 0 Å². The predicted molar refractivity (Wildman–Crippen MR) is 81.2 cm³/mol. The Morgan fingerprint density at radius 2 is 1.29 bits per heavy atom. The Morgan fingerprint density at radius 1 is 0.792 bits per heavy atom. The lowest BCUT2D eigenvalue weighted by Crippen LogP contribution is -2.52. The summed E-state index contributed by atoms with van der Waals surface area (Å²) in [6.07, 6.45) is -4.72. The molecule has 0 saturated carbocycles. The molecule has 0 heterocycles. The Bertz CT molecular complexity index is 464. The smallest absolute Gasteiger partial charge is 0.303 e. The van der Waals surface area contributed by atoms with E-state index in [1.54, 1.807) is 0 Å². The van der Waals surface area contributed by atoms with E-state index in [1.807, 2.05) is 0 Å². The molecule has 9 nitrogen and oxygen atoms in total. The lowest BCUT2D eigenvalue weighted by Gasteiger charge is -2.34. The number of carbonyl (C=O) groups excluding carboxylic acids is 3. The van der Waals surface area contributed by atoms with Crippen LogP contribution in [0, 0.1) is 0 Å². The van der Waals surface area contributed by atoms with Crippen LogP contribution in [-0.4, -0.2) is 76.8 Å². The topological polar surface area (TPSA) is 107 Å². The quantitative estimate of drug-likeness (QED) is 0.377. The standard InChI is InChI=1S/C15H26O9/c1-9(16)22-8-13(24-11(3)18)15(21-6)14(20-5)12(7-19-4)23-10(2)17/h12-15H,7-8H2,1-6H3/t12-,13-,14-,15-/m1/s1/i4D,5D,6D. The molecule has 0 radical (unpaired) electrons. The van der Waals surface area contributed by atoms with Gasteiger partial charge < -0.3 is 28.4 Å². The summed E-state index contributed by atoms with van der Waals surface area (Å²) in [7, 11) is -1.57. The van der Waals surface area contributed by atoms with Crippen LogP contribution >= 0.6 is 0 Å². The van der Waals surface area contributed by atoms with Crippen molar-refractivity contribution in [1.29, 1.82) is 0 Å². The summed E-state index contributed by atoms with van der Waals surface area (Å²) in [6.45, 7) is 2.78. The van der Waals surface area contributed by atoms with Crippen molar-refractivity contribution in [3.8, 4) is 0 Å². The molecule has 0 rings (SSSR count). The summed E-state index contributed by atoms with van der Waals surface area (Å²) in [6, 6.07) is 0. The zero-order chi connectivity index (χ0) is 20.8. The molecule has 0 fully saturated rings.